The Kier molecular flexibility index (Phi) is 5.68. The van der Waals surface area contributed by atoms with Gasteiger partial charge in [-0.1, -0.05) is 13.8 Å². The third-order valence-electron chi connectivity index (χ3n) is 6.09. The van der Waals surface area contributed by atoms with E-state index in [1.807, 2.05) is 11.0 Å². The molecule has 0 aromatic carbocycles. The topological polar surface area (TPSA) is 129 Å². The minimum atomic E-state index is -0.612. The summed E-state index contributed by atoms with van der Waals surface area (Å²) in [5.41, 5.74) is 2.84. The number of hydrogen-bond donors (Lipinski definition) is 3. The monoisotopic (exact) mass is 464 g/mol. The van der Waals surface area contributed by atoms with Crippen molar-refractivity contribution in [2.24, 2.45) is 0 Å². The number of nitrogens with zero attached hydrogens (tertiary/aromatic N) is 5. The molecule has 4 heterocycles. The zero-order valence-corrected chi connectivity index (χ0v) is 18.9. The van der Waals surface area contributed by atoms with E-state index in [0.717, 1.165) is 17.7 Å². The molecule has 5 rings (SSSR count). The summed E-state index contributed by atoms with van der Waals surface area (Å²) in [5.74, 6) is 1.04. The van der Waals surface area contributed by atoms with Gasteiger partial charge in [0.2, 0.25) is 17.8 Å². The standard InChI is InChI=1S/C23H25FN8O2/c1-12(2)16-10-20(31-30-16)28-21-15-8-14(33)9-17(15)27-23(29-21)32-7-3-4-18(32)22(34)26-13-5-6-19(24)25-11-13/h5-6,10-12,18H,3-4,7-9H2,1-2H3,(H,26,34)(H2,27,28,29,30,31). The van der Waals surface area contributed by atoms with Gasteiger partial charge in [-0.3, -0.25) is 14.7 Å². The van der Waals surface area contributed by atoms with Gasteiger partial charge in [0.15, 0.2) is 5.82 Å². The molecule has 0 bridgehead atoms. The van der Waals surface area contributed by atoms with E-state index < -0.39 is 12.0 Å². The molecule has 1 atom stereocenters. The zero-order chi connectivity index (χ0) is 23.8. The Morgan fingerprint density at radius 2 is 2.12 bits per heavy atom. The molecule has 11 heteroatoms. The highest BCUT2D eigenvalue weighted by Crippen LogP contribution is 2.32. The normalized spacial score (nSPS) is 17.4. The molecule has 1 amide bonds. The van der Waals surface area contributed by atoms with E-state index in [0.29, 0.717) is 41.9 Å². The van der Waals surface area contributed by atoms with Crippen LogP contribution in [0.15, 0.2) is 24.4 Å². The molecule has 1 fully saturated rings. The number of pyridine rings is 1. The van der Waals surface area contributed by atoms with E-state index in [1.165, 1.54) is 18.3 Å². The summed E-state index contributed by atoms with van der Waals surface area (Å²) in [4.78, 5) is 40.0. The molecular weight excluding hydrogens is 439 g/mol. The van der Waals surface area contributed by atoms with Gasteiger partial charge in [-0.15, -0.1) is 0 Å². The first-order chi connectivity index (χ1) is 16.4. The Morgan fingerprint density at radius 3 is 2.85 bits per heavy atom. The summed E-state index contributed by atoms with van der Waals surface area (Å²) in [6.07, 6.45) is 3.20. The number of halogens is 1. The van der Waals surface area contributed by atoms with Crippen LogP contribution in [-0.4, -0.2) is 49.4 Å². The number of nitrogens with one attached hydrogen (secondary N) is 3. The van der Waals surface area contributed by atoms with Crippen LogP contribution in [0.1, 0.15) is 49.6 Å². The van der Waals surface area contributed by atoms with Crippen LogP contribution in [0.4, 0.5) is 27.7 Å². The lowest BCUT2D eigenvalue weighted by Gasteiger charge is -2.25. The average molecular weight is 465 g/mol. The van der Waals surface area contributed by atoms with Crippen molar-refractivity contribution in [2.45, 2.75) is 51.5 Å². The fraction of sp³-hybridized carbons (Fsp3) is 0.391. The highest BCUT2D eigenvalue weighted by atomic mass is 19.1. The maximum Gasteiger partial charge on any atom is 0.247 e. The van der Waals surface area contributed by atoms with Crippen molar-refractivity contribution in [3.8, 4) is 0 Å². The van der Waals surface area contributed by atoms with E-state index in [1.54, 1.807) is 0 Å². The Morgan fingerprint density at radius 1 is 1.26 bits per heavy atom. The van der Waals surface area contributed by atoms with Crippen molar-refractivity contribution in [3.05, 3.63) is 47.3 Å². The number of Topliss-reactive ketones (excluding diaryl/α,β-unsaturated/α-hetero) is 1. The molecule has 1 aliphatic carbocycles. The summed E-state index contributed by atoms with van der Waals surface area (Å²) in [7, 11) is 0. The predicted molar refractivity (Wildman–Crippen MR) is 124 cm³/mol. The van der Waals surface area contributed by atoms with E-state index in [2.05, 4.69) is 44.6 Å². The van der Waals surface area contributed by atoms with Crippen LogP contribution in [0.2, 0.25) is 0 Å². The highest BCUT2D eigenvalue weighted by molar-refractivity contribution is 5.97. The Labute approximate surface area is 195 Å². The Bertz CT molecular complexity index is 1240. The lowest BCUT2D eigenvalue weighted by Crippen LogP contribution is -2.40. The van der Waals surface area contributed by atoms with Crippen LogP contribution in [0.5, 0.6) is 0 Å². The first-order valence-electron chi connectivity index (χ1n) is 11.3. The van der Waals surface area contributed by atoms with Crippen LogP contribution >= 0.6 is 0 Å². The van der Waals surface area contributed by atoms with E-state index >= 15 is 0 Å². The molecule has 1 unspecified atom stereocenters. The second-order valence-corrected chi connectivity index (χ2v) is 8.89. The van der Waals surface area contributed by atoms with E-state index in [9.17, 15) is 14.0 Å². The van der Waals surface area contributed by atoms with E-state index in [-0.39, 0.29) is 30.4 Å². The number of aromatic nitrogens is 5. The first kappa shape index (κ1) is 21.9. The molecule has 10 nitrogen and oxygen atoms in total. The number of carbonyl (C=O) groups is 2. The number of hydrogen-bond acceptors (Lipinski definition) is 8. The van der Waals surface area contributed by atoms with Crippen molar-refractivity contribution in [2.75, 3.05) is 22.1 Å². The molecule has 0 radical (unpaired) electrons. The van der Waals surface area contributed by atoms with Crippen molar-refractivity contribution in [1.29, 1.82) is 0 Å². The molecule has 2 aliphatic rings. The summed E-state index contributed by atoms with van der Waals surface area (Å²) in [5, 5.41) is 13.3. The lowest BCUT2D eigenvalue weighted by atomic mass is 10.1. The third-order valence-corrected chi connectivity index (χ3v) is 6.09. The number of ketones is 1. The smallest absolute Gasteiger partial charge is 0.247 e. The average Bonchev–Trinajstić information content (AvgIpc) is 3.54. The number of amides is 1. The fourth-order valence-corrected chi connectivity index (χ4v) is 4.30. The summed E-state index contributed by atoms with van der Waals surface area (Å²) in [6, 6.07) is 4.08. The third kappa shape index (κ3) is 4.33. The van der Waals surface area contributed by atoms with Crippen LogP contribution < -0.4 is 15.5 Å². The molecule has 0 spiro atoms. The van der Waals surface area contributed by atoms with Gasteiger partial charge >= 0.3 is 0 Å². The van der Waals surface area contributed by atoms with E-state index in [4.69, 9.17) is 4.98 Å². The van der Waals surface area contributed by atoms with Gasteiger partial charge in [0.25, 0.3) is 0 Å². The van der Waals surface area contributed by atoms with Crippen LogP contribution in [0, 0.1) is 5.95 Å². The maximum absolute atomic E-state index is 13.1. The number of carbonyl (C=O) groups excluding carboxylic acids is 2. The molecule has 34 heavy (non-hydrogen) atoms. The SMILES string of the molecule is CC(C)c1cc(Nc2nc(N3CCCC3C(=O)Nc3ccc(F)nc3)nc3c2CC(=O)C3)n[nH]1. The van der Waals surface area contributed by atoms with Gasteiger partial charge in [0, 0.05) is 36.7 Å². The predicted octanol–water partition coefficient (Wildman–Crippen LogP) is 2.88. The molecule has 0 saturated carbocycles. The van der Waals surface area contributed by atoms with Crippen LogP contribution in [0.3, 0.4) is 0 Å². The quantitative estimate of drug-likeness (QED) is 0.475. The Balaban J connectivity index is 1.42. The molecule has 176 valence electrons. The molecule has 1 saturated heterocycles. The minimum Gasteiger partial charge on any atom is -0.329 e. The minimum absolute atomic E-state index is 0.0777. The molecule has 3 aromatic heterocycles. The van der Waals surface area contributed by atoms with Crippen LogP contribution in [0.25, 0.3) is 0 Å². The lowest BCUT2D eigenvalue weighted by molar-refractivity contribution is -0.118. The molecule has 3 aromatic rings. The highest BCUT2D eigenvalue weighted by Gasteiger charge is 2.35. The largest absolute Gasteiger partial charge is 0.329 e. The van der Waals surface area contributed by atoms with Crippen molar-refractivity contribution >= 4 is 35.0 Å². The van der Waals surface area contributed by atoms with Gasteiger partial charge in [-0.05, 0) is 30.9 Å². The van der Waals surface area contributed by atoms with Gasteiger partial charge in [-0.25, -0.2) is 9.97 Å². The van der Waals surface area contributed by atoms with Crippen molar-refractivity contribution in [1.82, 2.24) is 25.1 Å². The van der Waals surface area contributed by atoms with Gasteiger partial charge < -0.3 is 15.5 Å². The second-order valence-electron chi connectivity index (χ2n) is 8.89. The summed E-state index contributed by atoms with van der Waals surface area (Å²) in [6.45, 7) is 4.74. The molecule has 1 aliphatic heterocycles. The van der Waals surface area contributed by atoms with Crippen LogP contribution in [-0.2, 0) is 22.4 Å². The summed E-state index contributed by atoms with van der Waals surface area (Å²) < 4.78 is 13.1. The second kappa shape index (κ2) is 8.81. The fourth-order valence-electron chi connectivity index (χ4n) is 4.30. The number of H-pyrrole nitrogens is 1. The Hall–Kier alpha value is -3.89. The van der Waals surface area contributed by atoms with Gasteiger partial charge in [0.1, 0.15) is 17.6 Å². The zero-order valence-electron chi connectivity index (χ0n) is 18.9. The van der Waals surface area contributed by atoms with Gasteiger partial charge in [0.05, 0.1) is 17.6 Å². The van der Waals surface area contributed by atoms with Crippen molar-refractivity contribution < 1.29 is 14.0 Å². The first-order valence-corrected chi connectivity index (χ1v) is 11.3. The van der Waals surface area contributed by atoms with Gasteiger partial charge in [-0.2, -0.15) is 14.5 Å². The molecule has 3 N–H and O–H groups in total. The number of anilines is 4. The van der Waals surface area contributed by atoms with Crippen molar-refractivity contribution in [3.63, 3.8) is 0 Å². The number of fused-ring (bicyclic) bond motifs is 1. The number of rotatable bonds is 6. The molecular formula is C23H25FN8O2. The maximum atomic E-state index is 13.1. The summed E-state index contributed by atoms with van der Waals surface area (Å²) >= 11 is 0. The number of aromatic amines is 1.